The van der Waals surface area contributed by atoms with Crippen LogP contribution in [-0.2, 0) is 19.4 Å². The van der Waals surface area contributed by atoms with Crippen LogP contribution in [0.15, 0.2) is 30.9 Å². The van der Waals surface area contributed by atoms with E-state index in [9.17, 15) is 18.0 Å². The number of halogens is 1. The molecule has 1 unspecified atom stereocenters. The van der Waals surface area contributed by atoms with Gasteiger partial charge in [-0.2, -0.15) is 0 Å². The van der Waals surface area contributed by atoms with E-state index in [1.165, 1.54) is 38.3 Å². The lowest BCUT2D eigenvalue weighted by Gasteiger charge is -2.13. The van der Waals surface area contributed by atoms with E-state index in [-0.39, 0.29) is 22.0 Å². The normalized spacial score (nSPS) is 12.3. The smallest absolute Gasteiger partial charge is 0.337 e. The van der Waals surface area contributed by atoms with Gasteiger partial charge >= 0.3 is 5.97 Å². The minimum atomic E-state index is -3.64. The number of esters is 1. The average molecular weight is 346 g/mol. The van der Waals surface area contributed by atoms with Crippen LogP contribution in [0.1, 0.15) is 17.3 Å². The molecular weight excluding hydrogens is 330 g/mol. The number of rotatable bonds is 6. The first-order valence-corrected chi connectivity index (χ1v) is 8.33. The van der Waals surface area contributed by atoms with Gasteiger partial charge in [0.25, 0.3) is 0 Å². The number of sulfone groups is 1. The van der Waals surface area contributed by atoms with E-state index >= 15 is 0 Å². The maximum absolute atomic E-state index is 12.0. The van der Waals surface area contributed by atoms with Gasteiger partial charge in [0.1, 0.15) is 5.25 Å². The number of carbonyl (C=O) groups is 2. The van der Waals surface area contributed by atoms with E-state index in [0.29, 0.717) is 0 Å². The Morgan fingerprint density at radius 2 is 2.09 bits per heavy atom. The van der Waals surface area contributed by atoms with Crippen molar-refractivity contribution in [1.29, 1.82) is 0 Å². The van der Waals surface area contributed by atoms with Crippen molar-refractivity contribution in [2.24, 2.45) is 0 Å². The van der Waals surface area contributed by atoms with Gasteiger partial charge < -0.3 is 10.1 Å². The van der Waals surface area contributed by atoms with E-state index in [0.717, 1.165) is 0 Å². The highest BCUT2D eigenvalue weighted by atomic mass is 35.5. The highest BCUT2D eigenvalue weighted by Crippen LogP contribution is 2.24. The highest BCUT2D eigenvalue weighted by Gasteiger charge is 2.27. The van der Waals surface area contributed by atoms with E-state index in [2.05, 4.69) is 16.6 Å². The second-order valence-electron chi connectivity index (χ2n) is 4.44. The van der Waals surface area contributed by atoms with Gasteiger partial charge in [0, 0.05) is 0 Å². The van der Waals surface area contributed by atoms with Crippen LogP contribution in [0.5, 0.6) is 0 Å². The number of amides is 1. The Kier molecular flexibility index (Phi) is 6.13. The number of benzene rings is 1. The summed E-state index contributed by atoms with van der Waals surface area (Å²) in [7, 11) is -2.42. The van der Waals surface area contributed by atoms with Gasteiger partial charge in [-0.3, -0.25) is 4.79 Å². The molecule has 0 aliphatic carbocycles. The third-order valence-electron chi connectivity index (χ3n) is 2.90. The molecule has 0 bridgehead atoms. The maximum Gasteiger partial charge on any atom is 0.337 e. The second kappa shape index (κ2) is 7.42. The number of ether oxygens (including phenoxy) is 1. The molecule has 0 saturated heterocycles. The molecule has 0 heterocycles. The summed E-state index contributed by atoms with van der Waals surface area (Å²) in [5.41, 5.74) is 0.319. The summed E-state index contributed by atoms with van der Waals surface area (Å²) in [6.45, 7) is 4.61. The van der Waals surface area contributed by atoms with Crippen molar-refractivity contribution in [3.8, 4) is 0 Å². The van der Waals surface area contributed by atoms with Crippen LogP contribution in [0, 0.1) is 0 Å². The van der Waals surface area contributed by atoms with Crippen LogP contribution in [0.25, 0.3) is 0 Å². The first kappa shape index (κ1) is 18.2. The molecule has 1 amide bonds. The summed E-state index contributed by atoms with van der Waals surface area (Å²) in [4.78, 5) is 23.5. The van der Waals surface area contributed by atoms with E-state index in [1.54, 1.807) is 0 Å². The van der Waals surface area contributed by atoms with Crippen molar-refractivity contribution in [3.05, 3.63) is 41.4 Å². The largest absolute Gasteiger partial charge is 0.465 e. The molecule has 8 heteroatoms. The Morgan fingerprint density at radius 3 is 2.64 bits per heavy atom. The predicted octanol–water partition coefficient (Wildman–Crippen LogP) is 2.05. The minimum Gasteiger partial charge on any atom is -0.465 e. The minimum absolute atomic E-state index is 0.134. The molecule has 1 rings (SSSR count). The number of hydrogen-bond donors (Lipinski definition) is 1. The van der Waals surface area contributed by atoms with Gasteiger partial charge in [0.05, 0.1) is 29.1 Å². The summed E-state index contributed by atoms with van der Waals surface area (Å²) >= 11 is 5.94. The Balaban J connectivity index is 3.01. The Labute approximate surface area is 134 Å². The number of hydrogen-bond acceptors (Lipinski definition) is 5. The van der Waals surface area contributed by atoms with Gasteiger partial charge in [-0.15, -0.1) is 6.58 Å². The standard InChI is InChI=1S/C14H16ClNO5S/c1-4-7-22(19,20)9(2)13(17)16-12-8-10(14(18)21-3)5-6-11(12)15/h4-6,8-9H,1,7H2,2-3H3,(H,16,17). The van der Waals surface area contributed by atoms with Crippen molar-refractivity contribution in [3.63, 3.8) is 0 Å². The molecule has 1 atom stereocenters. The summed E-state index contributed by atoms with van der Waals surface area (Å²) in [6, 6.07) is 4.16. The third-order valence-corrected chi connectivity index (χ3v) is 5.22. The molecule has 1 aromatic carbocycles. The number of anilines is 1. The van der Waals surface area contributed by atoms with Crippen molar-refractivity contribution in [2.45, 2.75) is 12.2 Å². The highest BCUT2D eigenvalue weighted by molar-refractivity contribution is 7.92. The molecule has 0 spiro atoms. The molecule has 0 aliphatic heterocycles. The first-order valence-electron chi connectivity index (χ1n) is 6.24. The lowest BCUT2D eigenvalue weighted by atomic mass is 10.2. The molecule has 1 N–H and O–H groups in total. The van der Waals surface area contributed by atoms with Crippen LogP contribution >= 0.6 is 11.6 Å². The lowest BCUT2D eigenvalue weighted by Crippen LogP contribution is -2.33. The quantitative estimate of drug-likeness (QED) is 0.629. The van der Waals surface area contributed by atoms with Crippen LogP contribution in [0.2, 0.25) is 5.02 Å². The first-order chi connectivity index (χ1) is 10.2. The molecule has 0 aliphatic rings. The summed E-state index contributed by atoms with van der Waals surface area (Å²) < 4.78 is 28.2. The molecule has 0 fully saturated rings. The lowest BCUT2D eigenvalue weighted by molar-refractivity contribution is -0.115. The monoisotopic (exact) mass is 345 g/mol. The van der Waals surface area contributed by atoms with Crippen molar-refractivity contribution < 1.29 is 22.7 Å². The summed E-state index contributed by atoms with van der Waals surface area (Å²) in [6.07, 6.45) is 1.21. The van der Waals surface area contributed by atoms with Crippen LogP contribution < -0.4 is 5.32 Å². The predicted molar refractivity (Wildman–Crippen MR) is 84.9 cm³/mol. The van der Waals surface area contributed by atoms with Gasteiger partial charge in [-0.1, -0.05) is 17.7 Å². The SMILES string of the molecule is C=CCS(=O)(=O)C(C)C(=O)Nc1cc(C(=O)OC)ccc1Cl. The van der Waals surface area contributed by atoms with E-state index in [1.807, 2.05) is 0 Å². The summed E-state index contributed by atoms with van der Waals surface area (Å²) in [5.74, 6) is -1.65. The van der Waals surface area contributed by atoms with Gasteiger partial charge in [-0.05, 0) is 25.1 Å². The fourth-order valence-corrected chi connectivity index (χ4v) is 2.74. The van der Waals surface area contributed by atoms with Crippen molar-refractivity contribution in [1.82, 2.24) is 0 Å². The van der Waals surface area contributed by atoms with Crippen LogP contribution in [0.4, 0.5) is 5.69 Å². The molecule has 120 valence electrons. The molecule has 0 radical (unpaired) electrons. The van der Waals surface area contributed by atoms with Gasteiger partial charge in [0.2, 0.25) is 5.91 Å². The van der Waals surface area contributed by atoms with Gasteiger partial charge in [0.15, 0.2) is 9.84 Å². The zero-order valence-electron chi connectivity index (χ0n) is 12.1. The Hall–Kier alpha value is -1.86. The summed E-state index contributed by atoms with van der Waals surface area (Å²) in [5, 5.41) is 1.30. The van der Waals surface area contributed by atoms with Gasteiger partial charge in [-0.25, -0.2) is 13.2 Å². The zero-order valence-corrected chi connectivity index (χ0v) is 13.7. The zero-order chi connectivity index (χ0) is 16.9. The molecule has 1 aromatic rings. The van der Waals surface area contributed by atoms with Crippen LogP contribution in [0.3, 0.4) is 0 Å². The molecular formula is C14H16ClNO5S. The van der Waals surface area contributed by atoms with E-state index in [4.69, 9.17) is 11.6 Å². The number of nitrogens with one attached hydrogen (secondary N) is 1. The second-order valence-corrected chi connectivity index (χ2v) is 7.21. The topological polar surface area (TPSA) is 89.5 Å². The van der Waals surface area contributed by atoms with Crippen molar-refractivity contribution >= 4 is 39.0 Å². The molecule has 0 saturated carbocycles. The Bertz CT molecular complexity index is 699. The Morgan fingerprint density at radius 1 is 1.45 bits per heavy atom. The number of methoxy groups -OCH3 is 1. The van der Waals surface area contributed by atoms with E-state index < -0.39 is 27.0 Å². The third kappa shape index (κ3) is 4.32. The maximum atomic E-state index is 12.0. The fourth-order valence-electron chi connectivity index (χ4n) is 1.57. The molecule has 6 nitrogen and oxygen atoms in total. The molecule has 22 heavy (non-hydrogen) atoms. The number of carbonyl (C=O) groups excluding carboxylic acids is 2. The average Bonchev–Trinajstić information content (AvgIpc) is 2.47. The van der Waals surface area contributed by atoms with Crippen molar-refractivity contribution in [2.75, 3.05) is 18.2 Å². The molecule has 0 aromatic heterocycles. The fraction of sp³-hybridized carbons (Fsp3) is 0.286. The van der Waals surface area contributed by atoms with Crippen LogP contribution in [-0.4, -0.2) is 38.4 Å².